The highest BCUT2D eigenvalue weighted by molar-refractivity contribution is 6.24. The summed E-state index contributed by atoms with van der Waals surface area (Å²) >= 11 is 0. The van der Waals surface area contributed by atoms with Gasteiger partial charge in [-0.3, -0.25) is 0 Å². The second-order valence-corrected chi connectivity index (χ2v) is 12.9. The molecule has 4 nitrogen and oxygen atoms in total. The first kappa shape index (κ1) is 26.9. The zero-order chi connectivity index (χ0) is 31.9. The first-order valence-corrected chi connectivity index (χ1v) is 16.5. The number of benzene rings is 6. The molecule has 0 saturated heterocycles. The van der Waals surface area contributed by atoms with Gasteiger partial charge in [-0.25, -0.2) is 0 Å². The van der Waals surface area contributed by atoms with E-state index in [-0.39, 0.29) is 0 Å². The molecule has 1 aliphatic rings. The summed E-state index contributed by atoms with van der Waals surface area (Å²) in [6.45, 7) is 2.28. The molecule has 1 unspecified atom stereocenters. The zero-order valence-electron chi connectivity index (χ0n) is 26.3. The van der Waals surface area contributed by atoms with Gasteiger partial charge in [-0.15, -0.1) is 0 Å². The molecule has 0 spiro atoms. The topological polar surface area (TPSA) is 46.8 Å². The lowest BCUT2D eigenvalue weighted by molar-refractivity contribution is 0.669. The smallest absolute Gasteiger partial charge is 0.137 e. The van der Waals surface area contributed by atoms with Crippen LogP contribution in [-0.4, -0.2) is 9.13 Å². The monoisotopic (exact) mass is 615 g/mol. The Bertz CT molecular complexity index is 2840. The number of para-hydroxylation sites is 3. The molecule has 226 valence electrons. The van der Waals surface area contributed by atoms with E-state index in [0.717, 1.165) is 72.7 Å². The van der Waals surface area contributed by atoms with Crippen molar-refractivity contribution in [2.75, 3.05) is 0 Å². The Labute approximate surface area is 277 Å². The average Bonchev–Trinajstić information content (AvgIpc) is 3.79. The highest BCUT2D eigenvalue weighted by Gasteiger charge is 2.24. The van der Waals surface area contributed by atoms with E-state index in [2.05, 4.69) is 137 Å². The summed E-state index contributed by atoms with van der Waals surface area (Å²) in [6, 6.07) is 47.1. The zero-order valence-corrected chi connectivity index (χ0v) is 26.3. The van der Waals surface area contributed by atoms with Crippen LogP contribution in [0.4, 0.5) is 0 Å². The van der Waals surface area contributed by atoms with Crippen LogP contribution in [0.15, 0.2) is 138 Å². The maximum atomic E-state index is 10.1. The second kappa shape index (κ2) is 10.1. The van der Waals surface area contributed by atoms with Crippen molar-refractivity contribution in [3.8, 4) is 28.6 Å². The lowest BCUT2D eigenvalue weighted by Crippen LogP contribution is -2.06. The third kappa shape index (κ3) is 3.76. The largest absolute Gasteiger partial charge is 0.456 e. The molecule has 0 saturated carbocycles. The van der Waals surface area contributed by atoms with Crippen molar-refractivity contribution in [2.45, 2.75) is 13.3 Å². The van der Waals surface area contributed by atoms with Gasteiger partial charge in [-0.05, 0) is 96.3 Å². The minimum atomic E-state index is 0.486. The third-order valence-corrected chi connectivity index (χ3v) is 10.1. The maximum Gasteiger partial charge on any atom is 0.137 e. The average molecular weight is 616 g/mol. The molecule has 0 aliphatic heterocycles. The molecule has 0 N–H and O–H groups in total. The fourth-order valence-corrected chi connectivity index (χ4v) is 7.98. The van der Waals surface area contributed by atoms with Crippen LogP contribution in [0, 0.1) is 17.2 Å². The van der Waals surface area contributed by atoms with Gasteiger partial charge in [0.1, 0.15) is 11.2 Å². The van der Waals surface area contributed by atoms with Crippen LogP contribution in [0.2, 0.25) is 0 Å². The van der Waals surface area contributed by atoms with Crippen molar-refractivity contribution in [3.63, 3.8) is 0 Å². The normalized spacial score (nSPS) is 14.4. The lowest BCUT2D eigenvalue weighted by Gasteiger charge is -2.18. The molecule has 3 aromatic heterocycles. The minimum Gasteiger partial charge on any atom is -0.456 e. The molecule has 1 aliphatic carbocycles. The van der Waals surface area contributed by atoms with Crippen LogP contribution in [0.25, 0.3) is 83.2 Å². The summed E-state index contributed by atoms with van der Waals surface area (Å²) in [5, 5.41) is 15.9. The summed E-state index contributed by atoms with van der Waals surface area (Å²) in [4.78, 5) is 0. The molecule has 1 atom stereocenters. The van der Waals surface area contributed by atoms with Crippen molar-refractivity contribution >= 4 is 60.7 Å². The first-order chi connectivity index (χ1) is 23.7. The Morgan fingerprint density at radius 3 is 2.35 bits per heavy atom. The van der Waals surface area contributed by atoms with Crippen molar-refractivity contribution in [1.29, 1.82) is 5.26 Å². The lowest BCUT2D eigenvalue weighted by atomic mass is 9.93. The van der Waals surface area contributed by atoms with Crippen molar-refractivity contribution in [3.05, 3.63) is 150 Å². The summed E-state index contributed by atoms with van der Waals surface area (Å²) in [5.41, 5.74) is 12.7. The number of hydrogen-bond donors (Lipinski definition) is 0. The Morgan fingerprint density at radius 2 is 1.48 bits per heavy atom. The molecular weight excluding hydrogens is 587 g/mol. The number of fused-ring (bicyclic) bond motifs is 10. The van der Waals surface area contributed by atoms with Gasteiger partial charge in [0.25, 0.3) is 0 Å². The van der Waals surface area contributed by atoms with E-state index < -0.39 is 0 Å². The molecule has 6 aromatic carbocycles. The predicted molar refractivity (Wildman–Crippen MR) is 197 cm³/mol. The van der Waals surface area contributed by atoms with Gasteiger partial charge in [0, 0.05) is 38.5 Å². The number of furan rings is 1. The highest BCUT2D eigenvalue weighted by atomic mass is 16.3. The number of nitrogens with zero attached hydrogens (tertiary/aromatic N) is 3. The fourth-order valence-electron chi connectivity index (χ4n) is 7.98. The van der Waals surface area contributed by atoms with Gasteiger partial charge in [0.15, 0.2) is 0 Å². The molecule has 10 rings (SSSR count). The Balaban J connectivity index is 1.29. The van der Waals surface area contributed by atoms with Gasteiger partial charge in [0.05, 0.1) is 39.3 Å². The van der Waals surface area contributed by atoms with Gasteiger partial charge >= 0.3 is 0 Å². The van der Waals surface area contributed by atoms with E-state index in [1.165, 1.54) is 22.2 Å². The van der Waals surface area contributed by atoms with Gasteiger partial charge in [-0.1, -0.05) is 73.7 Å². The van der Waals surface area contributed by atoms with Crippen molar-refractivity contribution in [2.24, 2.45) is 5.92 Å². The molecule has 0 radical (unpaired) electrons. The maximum absolute atomic E-state index is 10.1. The van der Waals surface area contributed by atoms with Crippen LogP contribution in [0.1, 0.15) is 23.7 Å². The molecule has 48 heavy (non-hydrogen) atoms. The molecule has 9 aromatic rings. The standard InChI is InChI=1S/C44H29N3O/c1-27-15-19-40-35(23-27)31-11-5-7-13-37(31)47(40)38-20-16-28(26-45)24-34(38)29-17-21-39-36(25-29)32-18-22-42-43(33-12-6-8-14-41(33)48-42)44(32)46(39)30-9-3-2-4-10-30/h2-22,24-25,27H,23H2,1H3. The number of hydrogen-bond acceptors (Lipinski definition) is 2. The van der Waals surface area contributed by atoms with Gasteiger partial charge < -0.3 is 13.6 Å². The summed E-state index contributed by atoms with van der Waals surface area (Å²) in [7, 11) is 0. The number of nitriles is 1. The Hall–Kier alpha value is -6.31. The number of rotatable bonds is 3. The van der Waals surface area contributed by atoms with E-state index >= 15 is 0 Å². The Morgan fingerprint density at radius 1 is 0.688 bits per heavy atom. The van der Waals surface area contributed by atoms with Crippen LogP contribution in [-0.2, 0) is 6.42 Å². The minimum absolute atomic E-state index is 0.486. The molecule has 0 fully saturated rings. The molecule has 4 heteroatoms. The SMILES string of the molecule is CC1C=Cc2c(c3ccccc3n2-c2ccc(C#N)cc2-c2ccc3c(c2)c2ccc4oc5ccccc5c4c2n3-c2ccccc2)C1. The van der Waals surface area contributed by atoms with Crippen LogP contribution < -0.4 is 0 Å². The number of aromatic nitrogens is 2. The van der Waals surface area contributed by atoms with E-state index in [9.17, 15) is 5.26 Å². The first-order valence-electron chi connectivity index (χ1n) is 16.5. The second-order valence-electron chi connectivity index (χ2n) is 12.9. The van der Waals surface area contributed by atoms with E-state index in [1.54, 1.807) is 0 Å². The summed E-state index contributed by atoms with van der Waals surface area (Å²) in [5.74, 6) is 0.486. The van der Waals surface area contributed by atoms with E-state index in [4.69, 9.17) is 4.42 Å². The summed E-state index contributed by atoms with van der Waals surface area (Å²) < 4.78 is 11.1. The van der Waals surface area contributed by atoms with Gasteiger partial charge in [-0.2, -0.15) is 5.26 Å². The van der Waals surface area contributed by atoms with Gasteiger partial charge in [0.2, 0.25) is 0 Å². The Kier molecular flexibility index (Phi) is 5.65. The molecule has 3 heterocycles. The van der Waals surface area contributed by atoms with Crippen LogP contribution >= 0.6 is 0 Å². The van der Waals surface area contributed by atoms with E-state index in [0.29, 0.717) is 11.5 Å². The predicted octanol–water partition coefficient (Wildman–Crippen LogP) is 11.4. The highest BCUT2D eigenvalue weighted by Crippen LogP contribution is 2.43. The summed E-state index contributed by atoms with van der Waals surface area (Å²) in [6.07, 6.45) is 5.60. The van der Waals surface area contributed by atoms with E-state index in [1.807, 2.05) is 24.3 Å². The number of allylic oxidation sites excluding steroid dienone is 1. The van der Waals surface area contributed by atoms with Crippen LogP contribution in [0.5, 0.6) is 0 Å². The van der Waals surface area contributed by atoms with Crippen molar-refractivity contribution in [1.82, 2.24) is 9.13 Å². The fraction of sp³-hybridized carbons (Fsp3) is 0.0682. The molecule has 0 amide bonds. The molecular formula is C44H29N3O. The van der Waals surface area contributed by atoms with Crippen LogP contribution in [0.3, 0.4) is 0 Å². The molecule has 0 bridgehead atoms. The van der Waals surface area contributed by atoms with Crippen molar-refractivity contribution < 1.29 is 4.42 Å². The third-order valence-electron chi connectivity index (χ3n) is 10.1. The quantitative estimate of drug-likeness (QED) is 0.198.